The number of hydrogen-bond acceptors (Lipinski definition) is 5. The van der Waals surface area contributed by atoms with Gasteiger partial charge in [-0.3, -0.25) is 4.68 Å². The van der Waals surface area contributed by atoms with Gasteiger partial charge < -0.3 is 14.4 Å². The molecule has 3 aromatic heterocycles. The molecule has 1 unspecified atom stereocenters. The predicted molar refractivity (Wildman–Crippen MR) is 114 cm³/mol. The van der Waals surface area contributed by atoms with Gasteiger partial charge in [-0.15, -0.1) is 0 Å². The lowest BCUT2D eigenvalue weighted by Gasteiger charge is -2.28. The molecule has 160 valence electrons. The third kappa shape index (κ3) is 3.99. The highest BCUT2D eigenvalue weighted by Gasteiger charge is 2.33. The van der Waals surface area contributed by atoms with Crippen LogP contribution in [0.2, 0.25) is 0 Å². The molecule has 4 rings (SSSR count). The van der Waals surface area contributed by atoms with E-state index in [1.54, 1.807) is 11.8 Å². The molecule has 30 heavy (non-hydrogen) atoms. The Morgan fingerprint density at radius 1 is 1.20 bits per heavy atom. The van der Waals surface area contributed by atoms with E-state index in [2.05, 4.69) is 10.2 Å². The van der Waals surface area contributed by atoms with Gasteiger partial charge in [-0.05, 0) is 46.1 Å². The molecule has 1 aliphatic heterocycles. The van der Waals surface area contributed by atoms with Crippen LogP contribution in [0.15, 0.2) is 30.9 Å². The number of aryl methyl sites for hydroxylation is 1. The maximum Gasteiger partial charge on any atom is 0.410 e. The fraction of sp³-hybridized carbons (Fsp3) is 0.500. The lowest BCUT2D eigenvalue weighted by atomic mass is 10.0. The normalized spacial score (nSPS) is 17.0. The number of methoxy groups -OCH3 is 1. The number of ether oxygens (including phenoxy) is 2. The second-order valence-electron chi connectivity index (χ2n) is 8.84. The van der Waals surface area contributed by atoms with Crippen molar-refractivity contribution in [1.82, 2.24) is 24.3 Å². The van der Waals surface area contributed by atoms with E-state index >= 15 is 0 Å². The Balaban J connectivity index is 1.62. The van der Waals surface area contributed by atoms with Crippen LogP contribution in [-0.2, 0) is 18.2 Å². The third-order valence-electron chi connectivity index (χ3n) is 5.37. The van der Waals surface area contributed by atoms with Crippen LogP contribution in [0, 0.1) is 0 Å². The number of rotatable bonds is 4. The van der Waals surface area contributed by atoms with E-state index in [-0.39, 0.29) is 12.1 Å². The minimum Gasteiger partial charge on any atom is -0.494 e. The van der Waals surface area contributed by atoms with Crippen molar-refractivity contribution in [2.75, 3.05) is 13.7 Å². The lowest BCUT2D eigenvalue weighted by molar-refractivity contribution is 0.0227. The van der Waals surface area contributed by atoms with Gasteiger partial charge in [-0.1, -0.05) is 0 Å². The zero-order valence-electron chi connectivity index (χ0n) is 18.3. The van der Waals surface area contributed by atoms with Crippen molar-refractivity contribution in [3.63, 3.8) is 0 Å². The van der Waals surface area contributed by atoms with E-state index in [1.807, 2.05) is 68.1 Å². The van der Waals surface area contributed by atoms with Gasteiger partial charge in [0.05, 0.1) is 19.5 Å². The lowest BCUT2D eigenvalue weighted by Crippen LogP contribution is -2.40. The van der Waals surface area contributed by atoms with E-state index in [1.165, 1.54) is 0 Å². The molecule has 0 aromatic carbocycles. The maximum absolute atomic E-state index is 12.6. The largest absolute Gasteiger partial charge is 0.494 e. The van der Waals surface area contributed by atoms with Crippen molar-refractivity contribution in [3.05, 3.63) is 36.4 Å². The van der Waals surface area contributed by atoms with Crippen molar-refractivity contribution in [2.45, 2.75) is 51.7 Å². The Kier molecular flexibility index (Phi) is 5.17. The zero-order chi connectivity index (χ0) is 21.5. The van der Waals surface area contributed by atoms with Crippen molar-refractivity contribution in [1.29, 1.82) is 0 Å². The van der Waals surface area contributed by atoms with Gasteiger partial charge in [0.25, 0.3) is 0 Å². The number of nitrogens with zero attached hydrogens (tertiary/aromatic N) is 5. The number of fused-ring (bicyclic) bond motifs is 1. The van der Waals surface area contributed by atoms with Crippen molar-refractivity contribution in [3.8, 4) is 16.9 Å². The molecule has 3 aromatic rings. The number of carbonyl (C=O) groups excluding carboxylic acids is 1. The Bertz CT molecular complexity index is 1060. The molecule has 4 heterocycles. The molecule has 8 nitrogen and oxygen atoms in total. The summed E-state index contributed by atoms with van der Waals surface area (Å²) in [5.41, 5.74) is 3.48. The standard InChI is InChI=1S/C22H29N5O3/c1-22(2,3)30-21(28)26-8-6-7-18(26)9-15-11-24-27-14-16(10-19(29-5)20(15)27)17-12-23-25(4)13-17/h10-14,18H,6-9H2,1-5H3. The number of pyridine rings is 1. The minimum atomic E-state index is -0.499. The quantitative estimate of drug-likeness (QED) is 0.655. The Morgan fingerprint density at radius 3 is 2.67 bits per heavy atom. The van der Waals surface area contributed by atoms with Crippen LogP contribution >= 0.6 is 0 Å². The number of carbonyl (C=O) groups is 1. The topological polar surface area (TPSA) is 73.9 Å². The average Bonchev–Trinajstić information content (AvgIpc) is 3.40. The average molecular weight is 412 g/mol. The van der Waals surface area contributed by atoms with Crippen LogP contribution in [0.25, 0.3) is 16.6 Å². The van der Waals surface area contributed by atoms with Gasteiger partial charge in [0.15, 0.2) is 0 Å². The van der Waals surface area contributed by atoms with Gasteiger partial charge in [0.1, 0.15) is 16.9 Å². The second-order valence-corrected chi connectivity index (χ2v) is 8.84. The second kappa shape index (κ2) is 7.66. The molecule has 1 fully saturated rings. The Morgan fingerprint density at radius 2 is 2.00 bits per heavy atom. The fourth-order valence-corrected chi connectivity index (χ4v) is 4.04. The van der Waals surface area contributed by atoms with Gasteiger partial charge in [-0.2, -0.15) is 10.2 Å². The van der Waals surface area contributed by atoms with Crippen molar-refractivity contribution >= 4 is 11.6 Å². The molecule has 1 aliphatic rings. The monoisotopic (exact) mass is 411 g/mol. The number of likely N-dealkylation sites (tertiary alicyclic amines) is 1. The van der Waals surface area contributed by atoms with Crippen molar-refractivity contribution < 1.29 is 14.3 Å². The molecule has 1 amide bonds. The molecule has 0 radical (unpaired) electrons. The van der Waals surface area contributed by atoms with Crippen LogP contribution in [0.4, 0.5) is 4.79 Å². The summed E-state index contributed by atoms with van der Waals surface area (Å²) in [5, 5.41) is 8.82. The number of hydrogen-bond donors (Lipinski definition) is 0. The maximum atomic E-state index is 12.6. The first-order chi connectivity index (χ1) is 14.2. The SMILES string of the molecule is COc1cc(-c2cnn(C)c2)cn2ncc(CC3CCCN3C(=O)OC(C)(C)C)c12. The summed E-state index contributed by atoms with van der Waals surface area (Å²) >= 11 is 0. The Hall–Kier alpha value is -3.03. The van der Waals surface area contributed by atoms with Gasteiger partial charge in [-0.25, -0.2) is 9.31 Å². The van der Waals surface area contributed by atoms with E-state index < -0.39 is 5.60 Å². The number of aromatic nitrogens is 4. The van der Waals surface area contributed by atoms with Gasteiger partial charge in [0.2, 0.25) is 0 Å². The van der Waals surface area contributed by atoms with Crippen LogP contribution in [0.3, 0.4) is 0 Å². The van der Waals surface area contributed by atoms with E-state index in [9.17, 15) is 4.79 Å². The van der Waals surface area contributed by atoms with Crippen LogP contribution in [-0.4, -0.2) is 55.7 Å². The van der Waals surface area contributed by atoms with Gasteiger partial charge in [0, 0.05) is 48.7 Å². The van der Waals surface area contributed by atoms with E-state index in [4.69, 9.17) is 9.47 Å². The van der Waals surface area contributed by atoms with E-state index in [0.717, 1.165) is 47.3 Å². The van der Waals surface area contributed by atoms with Gasteiger partial charge >= 0.3 is 6.09 Å². The summed E-state index contributed by atoms with van der Waals surface area (Å²) < 4.78 is 14.9. The minimum absolute atomic E-state index is 0.0931. The number of amides is 1. The molecule has 0 saturated carbocycles. The molecule has 0 spiro atoms. The van der Waals surface area contributed by atoms with Crippen molar-refractivity contribution in [2.24, 2.45) is 7.05 Å². The first kappa shape index (κ1) is 20.3. The van der Waals surface area contributed by atoms with Crippen LogP contribution < -0.4 is 4.74 Å². The summed E-state index contributed by atoms with van der Waals surface area (Å²) in [6, 6.07) is 2.10. The first-order valence-corrected chi connectivity index (χ1v) is 10.3. The summed E-state index contributed by atoms with van der Waals surface area (Å²) in [5.74, 6) is 0.755. The highest BCUT2D eigenvalue weighted by molar-refractivity contribution is 5.73. The third-order valence-corrected chi connectivity index (χ3v) is 5.37. The molecular weight excluding hydrogens is 382 g/mol. The summed E-state index contributed by atoms with van der Waals surface area (Å²) in [7, 11) is 3.56. The highest BCUT2D eigenvalue weighted by atomic mass is 16.6. The molecule has 0 N–H and O–H groups in total. The van der Waals surface area contributed by atoms with Crippen LogP contribution in [0.1, 0.15) is 39.2 Å². The molecular formula is C22H29N5O3. The van der Waals surface area contributed by atoms with Crippen LogP contribution in [0.5, 0.6) is 5.75 Å². The summed E-state index contributed by atoms with van der Waals surface area (Å²) in [6.45, 7) is 6.41. The fourth-order valence-electron chi connectivity index (χ4n) is 4.04. The smallest absolute Gasteiger partial charge is 0.410 e. The molecule has 0 aliphatic carbocycles. The van der Waals surface area contributed by atoms with E-state index in [0.29, 0.717) is 6.42 Å². The molecule has 0 bridgehead atoms. The Labute approximate surface area is 176 Å². The summed E-state index contributed by atoms with van der Waals surface area (Å²) in [4.78, 5) is 14.5. The molecule has 1 saturated heterocycles. The highest BCUT2D eigenvalue weighted by Crippen LogP contribution is 2.32. The zero-order valence-corrected chi connectivity index (χ0v) is 18.3. The first-order valence-electron chi connectivity index (χ1n) is 10.3. The summed E-state index contributed by atoms with van der Waals surface area (Å²) in [6.07, 6.45) is 10.0. The molecule has 1 atom stereocenters. The molecule has 8 heteroatoms. The predicted octanol–water partition coefficient (Wildman–Crippen LogP) is 3.69.